The van der Waals surface area contributed by atoms with Crippen molar-refractivity contribution in [3.05, 3.63) is 82.9 Å². The first kappa shape index (κ1) is 52.9. The van der Waals surface area contributed by atoms with Crippen LogP contribution in [-0.4, -0.2) is 121 Å². The minimum atomic E-state index is -2.81. The van der Waals surface area contributed by atoms with Gasteiger partial charge in [-0.25, -0.2) is 14.5 Å². The van der Waals surface area contributed by atoms with E-state index in [2.05, 4.69) is 5.32 Å². The largest absolute Gasteiger partial charge is 0.456 e. The van der Waals surface area contributed by atoms with E-state index in [0.29, 0.717) is 23.7 Å². The number of rotatable bonds is 15. The highest BCUT2D eigenvalue weighted by Crippen LogP contribution is 2.64. The standard InChI is InChI=1S/C51H67NO17Si/c1-12-70(13-2,14-3)68-40(38(32-21-17-15-18-22-32)52-46(59)49(11)66-31(7)67-69-49)45(58)63-34-26-51(60)43(64-44(57)33-23-19-16-20-24-33)41-48(10,35(55)25-36-50(41,27-61-36)65-30(6)54)42(56)39(62-29(5)53)37(28(34)4)47(51,8)9/h15-24,31,34-36,38-41,43,55,60H,12-14,25-27H2,1-11H3,(H,52,59)/t31?,34-,35-,36+,38-,39+,40+,41?,43-,48+,49?,50-,51+/m0/s1. The van der Waals surface area contributed by atoms with Crippen molar-refractivity contribution in [1.29, 1.82) is 0 Å². The molecule has 2 aromatic rings. The summed E-state index contributed by atoms with van der Waals surface area (Å²) >= 11 is 0. The van der Waals surface area contributed by atoms with Crippen LogP contribution in [0.2, 0.25) is 18.1 Å². The number of benzene rings is 2. The molecule has 3 aliphatic carbocycles. The van der Waals surface area contributed by atoms with Gasteiger partial charge in [0, 0.05) is 39.0 Å². The Morgan fingerprint density at radius 2 is 1.50 bits per heavy atom. The van der Waals surface area contributed by atoms with Crippen molar-refractivity contribution in [3.8, 4) is 0 Å². The Labute approximate surface area is 409 Å². The molecule has 0 spiro atoms. The monoisotopic (exact) mass is 993 g/mol. The number of aliphatic hydroxyl groups is 2. The number of carbonyl (C=O) groups is 6. The fraction of sp³-hybridized carbons (Fsp3) is 0.608. The molecule has 4 fully saturated rings. The number of fused-ring (bicyclic) bond motifs is 5. The summed E-state index contributed by atoms with van der Waals surface area (Å²) in [4.78, 5) is 96.9. The maximum Gasteiger partial charge on any atom is 0.338 e. The fourth-order valence-corrected chi connectivity index (χ4v) is 14.4. The highest BCUT2D eigenvalue weighted by atomic mass is 28.4. The van der Waals surface area contributed by atoms with Gasteiger partial charge in [-0.05, 0) is 67.7 Å². The number of hydrogen-bond acceptors (Lipinski definition) is 17. The summed E-state index contributed by atoms with van der Waals surface area (Å²) in [7, 11) is -2.81. The molecule has 1 amide bonds. The number of esters is 4. The summed E-state index contributed by atoms with van der Waals surface area (Å²) in [6.45, 7) is 17.0. The van der Waals surface area contributed by atoms with Crippen molar-refractivity contribution >= 4 is 43.9 Å². The average molecular weight is 994 g/mol. The van der Waals surface area contributed by atoms with Gasteiger partial charge in [0.25, 0.3) is 11.7 Å². The van der Waals surface area contributed by atoms with E-state index in [-0.39, 0.29) is 29.7 Å². The number of hydrogen-bond donors (Lipinski definition) is 3. The zero-order chi connectivity index (χ0) is 51.4. The number of amides is 1. The number of Topliss-reactive ketones (excluding diaryl/α,β-unsaturated/α-hetero) is 1. The van der Waals surface area contributed by atoms with E-state index < -0.39 is 133 Å². The smallest absolute Gasteiger partial charge is 0.338 e. The molecule has 3 unspecified atom stereocenters. The lowest BCUT2D eigenvalue weighted by Crippen LogP contribution is -2.82. The lowest BCUT2D eigenvalue weighted by Gasteiger charge is -2.67. The van der Waals surface area contributed by atoms with Gasteiger partial charge in [0.1, 0.15) is 23.9 Å². The molecule has 19 heteroatoms. The molecule has 0 radical (unpaired) electrons. The molecule has 2 aliphatic heterocycles. The Morgan fingerprint density at radius 1 is 0.886 bits per heavy atom. The summed E-state index contributed by atoms with van der Waals surface area (Å²) in [5.74, 6) is -8.66. The quantitative estimate of drug-likeness (QED) is 0.0657. The number of ketones is 1. The zero-order valence-corrected chi connectivity index (χ0v) is 42.7. The first-order valence-electron chi connectivity index (χ1n) is 24.0. The molecule has 0 aromatic heterocycles. The van der Waals surface area contributed by atoms with E-state index in [9.17, 15) is 29.4 Å². The Bertz CT molecular complexity index is 2370. The molecule has 3 N–H and O–H groups in total. The summed E-state index contributed by atoms with van der Waals surface area (Å²) < 4.78 is 43.9. The van der Waals surface area contributed by atoms with Crippen LogP contribution in [-0.2, 0) is 66.6 Å². The predicted molar refractivity (Wildman–Crippen MR) is 249 cm³/mol. The lowest BCUT2D eigenvalue weighted by molar-refractivity contribution is -0.346. The van der Waals surface area contributed by atoms with Crippen LogP contribution in [0.3, 0.4) is 0 Å². The first-order chi connectivity index (χ1) is 32.9. The summed E-state index contributed by atoms with van der Waals surface area (Å²) in [6.07, 6.45) is -10.9. The minimum Gasteiger partial charge on any atom is -0.456 e. The van der Waals surface area contributed by atoms with E-state index in [1.54, 1.807) is 76.2 Å². The number of nitrogens with one attached hydrogen (secondary N) is 1. The van der Waals surface area contributed by atoms with Crippen LogP contribution in [0.5, 0.6) is 0 Å². The van der Waals surface area contributed by atoms with E-state index >= 15 is 9.59 Å². The Kier molecular flexibility index (Phi) is 14.8. The van der Waals surface area contributed by atoms with Crippen LogP contribution < -0.4 is 5.32 Å². The second-order valence-electron chi connectivity index (χ2n) is 20.1. The number of carbonyl (C=O) groups excluding carboxylic acids is 6. The Balaban J connectivity index is 1.44. The first-order valence-corrected chi connectivity index (χ1v) is 26.6. The van der Waals surface area contributed by atoms with Crippen molar-refractivity contribution in [2.24, 2.45) is 16.7 Å². The van der Waals surface area contributed by atoms with Gasteiger partial charge < -0.3 is 48.4 Å². The molecular formula is C51H67NO17Si. The van der Waals surface area contributed by atoms with Crippen molar-refractivity contribution in [1.82, 2.24) is 5.32 Å². The second kappa shape index (κ2) is 19.6. The van der Waals surface area contributed by atoms with Gasteiger partial charge in [0.05, 0.1) is 35.6 Å². The van der Waals surface area contributed by atoms with Gasteiger partial charge in [-0.2, -0.15) is 4.89 Å². The van der Waals surface area contributed by atoms with Crippen LogP contribution in [0.1, 0.15) is 111 Å². The van der Waals surface area contributed by atoms with Gasteiger partial charge >= 0.3 is 23.9 Å². The normalized spacial score (nSPS) is 34.2. The van der Waals surface area contributed by atoms with Crippen LogP contribution >= 0.6 is 0 Å². The van der Waals surface area contributed by atoms with Crippen LogP contribution in [0.4, 0.5) is 0 Å². The fourth-order valence-electron chi connectivity index (χ4n) is 11.6. The molecule has 70 heavy (non-hydrogen) atoms. The third-order valence-corrected chi connectivity index (χ3v) is 20.5. The highest BCUT2D eigenvalue weighted by molar-refractivity contribution is 6.73. The molecule has 5 aliphatic rings. The van der Waals surface area contributed by atoms with Crippen LogP contribution in [0, 0.1) is 16.7 Å². The van der Waals surface area contributed by atoms with E-state index in [0.717, 1.165) is 6.92 Å². The van der Waals surface area contributed by atoms with Gasteiger partial charge in [-0.1, -0.05) is 83.1 Å². The van der Waals surface area contributed by atoms with Gasteiger partial charge in [0.15, 0.2) is 38.2 Å². The Hall–Kier alpha value is -4.86. The predicted octanol–water partition coefficient (Wildman–Crippen LogP) is 5.49. The van der Waals surface area contributed by atoms with Crippen LogP contribution in [0.15, 0.2) is 71.8 Å². The van der Waals surface area contributed by atoms with Gasteiger partial charge in [-0.3, -0.25) is 19.2 Å². The SMILES string of the molecule is CC[Si](CC)(CC)O[C@@H](C(=O)O[C@H]1C[C@@]2(O)[C@@H](OC(=O)c3ccccc3)C3[C@](C)(C(=O)[C@H](OC(C)=O)C(=C1C)C2(C)C)[C@@H](O)C[C@H]1OC[C@@]31OC(C)=O)[C@@H](NC(=O)C1(C)OOC(C)O1)c1ccccc1. The molecule has 2 bridgehead atoms. The molecule has 382 valence electrons. The van der Waals surface area contributed by atoms with E-state index in [1.165, 1.54) is 32.9 Å². The molecule has 13 atom stereocenters. The number of aliphatic hydroxyl groups excluding tert-OH is 1. The molecule has 2 aromatic carbocycles. The summed E-state index contributed by atoms with van der Waals surface area (Å²) in [5, 5.41) is 29.2. The van der Waals surface area contributed by atoms with Crippen LogP contribution in [0.25, 0.3) is 0 Å². The minimum absolute atomic E-state index is 0.0303. The molecule has 7 rings (SSSR count). The summed E-state index contributed by atoms with van der Waals surface area (Å²) in [6, 6.07) is 17.1. The molecule has 2 saturated carbocycles. The van der Waals surface area contributed by atoms with Crippen molar-refractivity contribution < 1.29 is 81.6 Å². The summed E-state index contributed by atoms with van der Waals surface area (Å²) in [5.41, 5.74) is -7.12. The molecule has 2 heterocycles. The second-order valence-corrected chi connectivity index (χ2v) is 24.9. The maximum atomic E-state index is 15.8. The average Bonchev–Trinajstić information content (AvgIpc) is 3.68. The highest BCUT2D eigenvalue weighted by Gasteiger charge is 2.78. The third kappa shape index (κ3) is 8.94. The molecule has 2 saturated heterocycles. The topological polar surface area (TPSA) is 238 Å². The third-order valence-electron chi connectivity index (χ3n) is 15.9. The van der Waals surface area contributed by atoms with Gasteiger partial charge in [0.2, 0.25) is 0 Å². The van der Waals surface area contributed by atoms with E-state index in [4.69, 9.17) is 42.6 Å². The van der Waals surface area contributed by atoms with Crippen molar-refractivity contribution in [3.63, 3.8) is 0 Å². The van der Waals surface area contributed by atoms with Gasteiger partial charge in [-0.15, -0.1) is 0 Å². The molecular weight excluding hydrogens is 927 g/mol. The lowest BCUT2D eigenvalue weighted by atomic mass is 9.44. The van der Waals surface area contributed by atoms with E-state index in [1.807, 2.05) is 20.8 Å². The maximum absolute atomic E-state index is 15.8. The van der Waals surface area contributed by atoms with Crippen molar-refractivity contribution in [2.45, 2.75) is 173 Å². The zero-order valence-electron chi connectivity index (χ0n) is 41.7. The Morgan fingerprint density at radius 3 is 2.03 bits per heavy atom. The number of ether oxygens (including phenoxy) is 6. The molecule has 18 nitrogen and oxygen atoms in total. The van der Waals surface area contributed by atoms with Crippen molar-refractivity contribution in [2.75, 3.05) is 6.61 Å².